The van der Waals surface area contributed by atoms with E-state index in [2.05, 4.69) is 33.8 Å². The van der Waals surface area contributed by atoms with Gasteiger partial charge in [-0.25, -0.2) is 0 Å². The Kier molecular flexibility index (Phi) is 5.26. The van der Waals surface area contributed by atoms with E-state index in [-0.39, 0.29) is 23.0 Å². The Balaban J connectivity index is 1.42. The third kappa shape index (κ3) is 3.09. The zero-order valence-corrected chi connectivity index (χ0v) is 19.6. The Hall–Kier alpha value is -0.670. The molecule has 3 heteroatoms. The molecule has 3 nitrogen and oxygen atoms in total. The first kappa shape index (κ1) is 21.2. The van der Waals surface area contributed by atoms with Crippen molar-refractivity contribution in [3.8, 4) is 0 Å². The van der Waals surface area contributed by atoms with Crippen molar-refractivity contribution in [1.29, 1.82) is 0 Å². The molecule has 0 amide bonds. The molecule has 30 heavy (non-hydrogen) atoms. The van der Waals surface area contributed by atoms with E-state index in [1.54, 1.807) is 5.57 Å². The lowest BCUT2D eigenvalue weighted by Gasteiger charge is -2.58. The van der Waals surface area contributed by atoms with Crippen molar-refractivity contribution in [2.24, 2.45) is 51.3 Å². The van der Waals surface area contributed by atoms with Gasteiger partial charge in [-0.1, -0.05) is 39.3 Å². The van der Waals surface area contributed by atoms with Crippen molar-refractivity contribution in [2.45, 2.75) is 97.7 Å². The van der Waals surface area contributed by atoms with Gasteiger partial charge in [-0.2, -0.15) is 0 Å². The molecule has 5 aliphatic rings. The largest absolute Gasteiger partial charge is 0.393 e. The second kappa shape index (κ2) is 7.44. The maximum Gasteiger partial charge on any atom is 0.0582 e. The summed E-state index contributed by atoms with van der Waals surface area (Å²) >= 11 is 0. The van der Waals surface area contributed by atoms with Gasteiger partial charge in [0.15, 0.2) is 0 Å². The minimum atomic E-state index is -0.179. The molecule has 0 radical (unpaired) electrons. The van der Waals surface area contributed by atoms with Crippen LogP contribution in [0.5, 0.6) is 0 Å². The van der Waals surface area contributed by atoms with E-state index < -0.39 is 0 Å². The maximum atomic E-state index is 11.4. The number of rotatable bonds is 2. The van der Waals surface area contributed by atoms with Crippen LogP contribution in [0.2, 0.25) is 0 Å². The van der Waals surface area contributed by atoms with E-state index in [1.165, 1.54) is 25.0 Å². The average molecular weight is 414 g/mol. The van der Waals surface area contributed by atoms with Crippen molar-refractivity contribution in [1.82, 2.24) is 0 Å². The Morgan fingerprint density at radius 3 is 2.63 bits per heavy atom. The van der Waals surface area contributed by atoms with Crippen LogP contribution in [0.25, 0.3) is 0 Å². The average Bonchev–Trinajstić information content (AvgIpc) is 2.98. The van der Waals surface area contributed by atoms with Crippen LogP contribution in [-0.2, 0) is 0 Å². The summed E-state index contributed by atoms with van der Waals surface area (Å²) in [6.07, 6.45) is 12.3. The lowest BCUT2D eigenvalue weighted by molar-refractivity contribution is -0.0564. The highest BCUT2D eigenvalue weighted by Gasteiger charge is 2.62. The zero-order valence-electron chi connectivity index (χ0n) is 19.6. The second-order valence-electron chi connectivity index (χ2n) is 12.3. The fourth-order valence-electron chi connectivity index (χ4n) is 9.01. The van der Waals surface area contributed by atoms with Crippen molar-refractivity contribution in [3.05, 3.63) is 11.6 Å². The van der Waals surface area contributed by atoms with E-state index in [4.69, 9.17) is 4.99 Å². The van der Waals surface area contributed by atoms with Gasteiger partial charge in [0.25, 0.3) is 0 Å². The minimum Gasteiger partial charge on any atom is -0.393 e. The minimum absolute atomic E-state index is 0.132. The summed E-state index contributed by atoms with van der Waals surface area (Å²) in [5.74, 6) is 3.55. The number of hydrogen-bond donors (Lipinski definition) is 2. The van der Waals surface area contributed by atoms with Gasteiger partial charge in [-0.3, -0.25) is 4.99 Å². The molecule has 0 aromatic carbocycles. The van der Waals surface area contributed by atoms with Crippen LogP contribution in [0.15, 0.2) is 16.6 Å². The van der Waals surface area contributed by atoms with Crippen molar-refractivity contribution in [3.63, 3.8) is 0 Å². The number of aliphatic hydroxyl groups is 2. The molecule has 168 valence electrons. The lowest BCUT2D eigenvalue weighted by atomic mass is 9.47. The van der Waals surface area contributed by atoms with Crippen LogP contribution in [0.4, 0.5) is 0 Å². The first-order valence-electron chi connectivity index (χ1n) is 12.8. The molecule has 3 saturated carbocycles. The van der Waals surface area contributed by atoms with E-state index in [1.807, 2.05) is 0 Å². The summed E-state index contributed by atoms with van der Waals surface area (Å²) < 4.78 is 0. The molecule has 0 aromatic rings. The standard InChI is InChI=1S/C27H43NO2/c1-16-5-8-23(28-15-16)17(2)25-24(30)14-22-20-7-6-18-13-19(29)9-11-26(18,3)21(20)10-12-27(22,25)4/h6,16-17,19-22,24-25,29-30H,5,7-15H2,1-4H3. The fourth-order valence-corrected chi connectivity index (χ4v) is 9.01. The molecular weight excluding hydrogens is 370 g/mol. The molecule has 10 atom stereocenters. The summed E-state index contributed by atoms with van der Waals surface area (Å²) in [4.78, 5) is 4.98. The third-order valence-corrected chi connectivity index (χ3v) is 10.8. The van der Waals surface area contributed by atoms with E-state index in [0.29, 0.717) is 29.6 Å². The van der Waals surface area contributed by atoms with Crippen molar-refractivity contribution >= 4 is 5.71 Å². The van der Waals surface area contributed by atoms with Gasteiger partial charge in [0.05, 0.1) is 12.2 Å². The SMILES string of the molecule is CC1CCC(C(C)C2C(O)CC3C4CC=C5CC(O)CCC5(C)C4CCC32C)=NC1. The molecule has 1 aliphatic heterocycles. The Morgan fingerprint density at radius 1 is 1.10 bits per heavy atom. The third-order valence-electron chi connectivity index (χ3n) is 10.8. The van der Waals surface area contributed by atoms with Crippen LogP contribution in [-0.4, -0.2) is 34.7 Å². The van der Waals surface area contributed by atoms with Crippen LogP contribution in [0, 0.1) is 46.3 Å². The molecule has 0 aromatic heterocycles. The molecule has 3 fully saturated rings. The number of aliphatic imine (C=N–C) groups is 1. The van der Waals surface area contributed by atoms with Gasteiger partial charge in [-0.05, 0) is 104 Å². The summed E-state index contributed by atoms with van der Waals surface area (Å²) in [6, 6.07) is 0. The van der Waals surface area contributed by atoms with Crippen molar-refractivity contribution < 1.29 is 10.2 Å². The van der Waals surface area contributed by atoms with E-state index in [0.717, 1.165) is 51.0 Å². The summed E-state index contributed by atoms with van der Waals surface area (Å²) in [6.45, 7) is 10.7. The zero-order chi connectivity index (χ0) is 21.3. The first-order chi connectivity index (χ1) is 14.2. The Labute approximate surface area is 183 Å². The highest BCUT2D eigenvalue weighted by Crippen LogP contribution is 2.67. The van der Waals surface area contributed by atoms with E-state index in [9.17, 15) is 10.2 Å². The fraction of sp³-hybridized carbons (Fsp3) is 0.889. The maximum absolute atomic E-state index is 11.4. The molecule has 5 rings (SSSR count). The number of nitrogens with zero attached hydrogens (tertiary/aromatic N) is 1. The van der Waals surface area contributed by atoms with Crippen LogP contribution >= 0.6 is 0 Å². The topological polar surface area (TPSA) is 52.8 Å². The predicted octanol–water partition coefficient (Wildman–Crippen LogP) is 5.40. The molecule has 1 heterocycles. The number of aliphatic hydroxyl groups excluding tert-OH is 2. The molecular formula is C27H43NO2. The molecule has 0 saturated heterocycles. The van der Waals surface area contributed by atoms with Crippen LogP contribution in [0.1, 0.15) is 85.5 Å². The normalized spacial score (nSPS) is 51.9. The highest BCUT2D eigenvalue weighted by atomic mass is 16.3. The second-order valence-corrected chi connectivity index (χ2v) is 12.3. The first-order valence-corrected chi connectivity index (χ1v) is 12.8. The molecule has 0 spiro atoms. The summed E-state index contributed by atoms with van der Waals surface area (Å²) in [7, 11) is 0. The van der Waals surface area contributed by atoms with Gasteiger partial charge in [-0.15, -0.1) is 0 Å². The quantitative estimate of drug-likeness (QED) is 0.595. The van der Waals surface area contributed by atoms with Gasteiger partial charge in [0.2, 0.25) is 0 Å². The number of hydrogen-bond acceptors (Lipinski definition) is 3. The van der Waals surface area contributed by atoms with Crippen LogP contribution in [0.3, 0.4) is 0 Å². The highest BCUT2D eigenvalue weighted by molar-refractivity contribution is 5.87. The molecule has 2 N–H and O–H groups in total. The smallest absolute Gasteiger partial charge is 0.0582 e. The Bertz CT molecular complexity index is 743. The molecule has 0 bridgehead atoms. The number of allylic oxidation sites excluding steroid dienone is 1. The van der Waals surface area contributed by atoms with Crippen molar-refractivity contribution in [2.75, 3.05) is 6.54 Å². The van der Waals surface area contributed by atoms with Gasteiger partial charge in [0.1, 0.15) is 0 Å². The van der Waals surface area contributed by atoms with E-state index >= 15 is 0 Å². The van der Waals surface area contributed by atoms with Gasteiger partial charge in [0, 0.05) is 12.3 Å². The monoisotopic (exact) mass is 413 g/mol. The van der Waals surface area contributed by atoms with Crippen LogP contribution < -0.4 is 0 Å². The van der Waals surface area contributed by atoms with Gasteiger partial charge < -0.3 is 10.2 Å². The lowest BCUT2D eigenvalue weighted by Crippen LogP contribution is -2.51. The number of fused-ring (bicyclic) bond motifs is 5. The molecule has 10 unspecified atom stereocenters. The summed E-state index contributed by atoms with van der Waals surface area (Å²) in [5.41, 5.74) is 3.45. The Morgan fingerprint density at radius 2 is 1.90 bits per heavy atom. The van der Waals surface area contributed by atoms with Gasteiger partial charge >= 0.3 is 0 Å². The molecule has 4 aliphatic carbocycles. The predicted molar refractivity (Wildman–Crippen MR) is 122 cm³/mol. The summed E-state index contributed by atoms with van der Waals surface area (Å²) in [5, 5.41) is 21.6.